The van der Waals surface area contributed by atoms with Crippen LogP contribution in [-0.4, -0.2) is 45.7 Å². The molecule has 20 heavy (non-hydrogen) atoms. The lowest BCUT2D eigenvalue weighted by Gasteiger charge is -2.29. The maximum Gasteiger partial charge on any atom is 0.327 e. The lowest BCUT2D eigenvalue weighted by atomic mass is 9.83. The van der Waals surface area contributed by atoms with Crippen molar-refractivity contribution >= 4 is 23.8 Å². The largest absolute Gasteiger partial charge is 0.480 e. The number of carbonyl (C=O) groups is 2. The third-order valence-corrected chi connectivity index (χ3v) is 5.56. The summed E-state index contributed by atoms with van der Waals surface area (Å²) < 4.78 is 0. The van der Waals surface area contributed by atoms with Crippen molar-refractivity contribution in [2.75, 3.05) is 12.3 Å². The highest BCUT2D eigenvalue weighted by Gasteiger charge is 2.41. The molecule has 0 aromatic heterocycles. The highest BCUT2D eigenvalue weighted by molar-refractivity contribution is 8.00. The minimum atomic E-state index is -0.898. The molecule has 1 saturated heterocycles. The van der Waals surface area contributed by atoms with Crippen molar-refractivity contribution in [1.82, 2.24) is 10.2 Å². The van der Waals surface area contributed by atoms with E-state index in [1.807, 2.05) is 0 Å². The van der Waals surface area contributed by atoms with Crippen molar-refractivity contribution in [1.29, 1.82) is 0 Å². The molecule has 2 fully saturated rings. The molecule has 2 aliphatic rings. The van der Waals surface area contributed by atoms with Gasteiger partial charge in [-0.3, -0.25) is 4.90 Å². The molecule has 0 spiro atoms. The molecule has 114 valence electrons. The van der Waals surface area contributed by atoms with Gasteiger partial charge in [-0.05, 0) is 18.8 Å². The predicted molar refractivity (Wildman–Crippen MR) is 79.8 cm³/mol. The normalized spacial score (nSPS) is 26.4. The Kier molecular flexibility index (Phi) is 5.57. The topological polar surface area (TPSA) is 69.6 Å². The van der Waals surface area contributed by atoms with E-state index in [1.54, 1.807) is 11.8 Å². The summed E-state index contributed by atoms with van der Waals surface area (Å²) in [5.41, 5.74) is 0. The number of carboxylic acids is 1. The molecule has 2 unspecified atom stereocenters. The lowest BCUT2D eigenvalue weighted by molar-refractivity contribution is -0.141. The molecule has 2 atom stereocenters. The van der Waals surface area contributed by atoms with Gasteiger partial charge in [0.05, 0.1) is 5.37 Å². The lowest BCUT2D eigenvalue weighted by Crippen LogP contribution is -2.50. The predicted octanol–water partition coefficient (Wildman–Crippen LogP) is 2.51. The van der Waals surface area contributed by atoms with Crippen LogP contribution in [0.15, 0.2) is 0 Å². The van der Waals surface area contributed by atoms with Crippen molar-refractivity contribution in [3.05, 3.63) is 0 Å². The van der Waals surface area contributed by atoms with Crippen LogP contribution in [0.2, 0.25) is 0 Å². The van der Waals surface area contributed by atoms with Gasteiger partial charge >= 0.3 is 12.0 Å². The van der Waals surface area contributed by atoms with E-state index in [9.17, 15) is 14.7 Å². The molecule has 0 aromatic carbocycles. The molecular formula is C14H24N2O3S. The first kappa shape index (κ1) is 15.5. The zero-order valence-electron chi connectivity index (χ0n) is 12.0. The van der Waals surface area contributed by atoms with Gasteiger partial charge in [-0.15, -0.1) is 11.8 Å². The second-order valence-corrected chi connectivity index (χ2v) is 6.87. The van der Waals surface area contributed by atoms with Crippen LogP contribution in [0.25, 0.3) is 0 Å². The van der Waals surface area contributed by atoms with E-state index in [-0.39, 0.29) is 11.4 Å². The molecular weight excluding hydrogens is 276 g/mol. The molecule has 2 amide bonds. The Labute approximate surface area is 124 Å². The summed E-state index contributed by atoms with van der Waals surface area (Å²) in [6, 6.07) is -0.888. The molecule has 0 radical (unpaired) electrons. The zero-order valence-corrected chi connectivity index (χ0v) is 12.8. The summed E-state index contributed by atoms with van der Waals surface area (Å²) in [5.74, 6) is 0.353. The van der Waals surface area contributed by atoms with Crippen LogP contribution in [0.4, 0.5) is 4.79 Å². The van der Waals surface area contributed by atoms with Gasteiger partial charge in [-0.2, -0.15) is 0 Å². The van der Waals surface area contributed by atoms with Gasteiger partial charge < -0.3 is 10.4 Å². The molecule has 6 heteroatoms. The maximum absolute atomic E-state index is 12.3. The quantitative estimate of drug-likeness (QED) is 0.791. The number of amides is 2. The van der Waals surface area contributed by atoms with E-state index in [0.29, 0.717) is 12.3 Å². The highest BCUT2D eigenvalue weighted by Crippen LogP contribution is 2.32. The Morgan fingerprint density at radius 2 is 2.10 bits per heavy atom. The Morgan fingerprint density at radius 3 is 2.65 bits per heavy atom. The Morgan fingerprint density at radius 1 is 1.35 bits per heavy atom. The number of hydrogen-bond acceptors (Lipinski definition) is 3. The molecule has 2 rings (SSSR count). The molecule has 1 saturated carbocycles. The van der Waals surface area contributed by atoms with Gasteiger partial charge in [0, 0.05) is 12.3 Å². The number of rotatable bonds is 6. The van der Waals surface area contributed by atoms with Crippen molar-refractivity contribution in [3.63, 3.8) is 0 Å². The molecule has 1 heterocycles. The fourth-order valence-electron chi connectivity index (χ4n) is 2.75. The molecule has 5 nitrogen and oxygen atoms in total. The first-order chi connectivity index (χ1) is 9.63. The van der Waals surface area contributed by atoms with Crippen molar-refractivity contribution in [2.45, 2.75) is 56.9 Å². The van der Waals surface area contributed by atoms with E-state index < -0.39 is 12.0 Å². The van der Waals surface area contributed by atoms with Crippen LogP contribution in [0.1, 0.15) is 45.4 Å². The third kappa shape index (κ3) is 3.59. The summed E-state index contributed by atoms with van der Waals surface area (Å²) >= 11 is 1.58. The van der Waals surface area contributed by atoms with Crippen LogP contribution < -0.4 is 5.32 Å². The van der Waals surface area contributed by atoms with Crippen LogP contribution in [-0.2, 0) is 4.79 Å². The molecule has 0 bridgehead atoms. The summed E-state index contributed by atoms with van der Waals surface area (Å²) in [6.45, 7) is 2.72. The Hall–Kier alpha value is -0.910. The molecule has 1 aliphatic heterocycles. The zero-order chi connectivity index (χ0) is 14.5. The minimum Gasteiger partial charge on any atom is -0.480 e. The van der Waals surface area contributed by atoms with Crippen LogP contribution in [0, 0.1) is 5.92 Å². The van der Waals surface area contributed by atoms with E-state index in [0.717, 1.165) is 25.2 Å². The SMILES string of the molecule is CCCC1SCC(C(=O)O)N1C(=O)NCCC1CCC1. The first-order valence-corrected chi connectivity index (χ1v) is 8.59. The third-order valence-electron chi connectivity index (χ3n) is 4.20. The van der Waals surface area contributed by atoms with E-state index in [2.05, 4.69) is 12.2 Å². The van der Waals surface area contributed by atoms with E-state index >= 15 is 0 Å². The Balaban J connectivity index is 1.86. The van der Waals surface area contributed by atoms with Crippen molar-refractivity contribution in [2.24, 2.45) is 5.92 Å². The monoisotopic (exact) mass is 300 g/mol. The fraction of sp³-hybridized carbons (Fsp3) is 0.857. The maximum atomic E-state index is 12.3. The highest BCUT2D eigenvalue weighted by atomic mass is 32.2. The van der Waals surface area contributed by atoms with Crippen molar-refractivity contribution in [3.8, 4) is 0 Å². The number of urea groups is 1. The number of hydrogen-bond donors (Lipinski definition) is 2. The average Bonchev–Trinajstić information content (AvgIpc) is 2.76. The average molecular weight is 300 g/mol. The van der Waals surface area contributed by atoms with Gasteiger partial charge in [-0.1, -0.05) is 32.6 Å². The summed E-state index contributed by atoms with van der Waals surface area (Å²) in [6.07, 6.45) is 6.67. The second-order valence-electron chi connectivity index (χ2n) is 5.66. The number of aliphatic carboxylic acids is 1. The van der Waals surface area contributed by atoms with Crippen molar-refractivity contribution < 1.29 is 14.7 Å². The molecule has 2 N–H and O–H groups in total. The summed E-state index contributed by atoms with van der Waals surface area (Å²) in [7, 11) is 0. The van der Waals surface area contributed by atoms with Crippen LogP contribution in [0.3, 0.4) is 0 Å². The molecule has 0 aromatic rings. The number of nitrogens with zero attached hydrogens (tertiary/aromatic N) is 1. The summed E-state index contributed by atoms with van der Waals surface area (Å²) in [4.78, 5) is 25.1. The summed E-state index contributed by atoms with van der Waals surface area (Å²) in [5, 5.41) is 12.2. The standard InChI is InChI=1S/C14H24N2O3S/c1-2-4-12-16(11(9-20-12)13(17)18)14(19)15-8-7-10-5-3-6-10/h10-12H,2-9H2,1H3,(H,15,19)(H,17,18). The number of thioether (sulfide) groups is 1. The van der Waals surface area contributed by atoms with Crippen LogP contribution >= 0.6 is 11.8 Å². The Bertz CT molecular complexity index is 360. The van der Waals surface area contributed by atoms with Gasteiger partial charge in [0.15, 0.2) is 0 Å². The van der Waals surface area contributed by atoms with Gasteiger partial charge in [0.25, 0.3) is 0 Å². The minimum absolute atomic E-state index is 0.00445. The number of nitrogens with one attached hydrogen (secondary N) is 1. The first-order valence-electron chi connectivity index (χ1n) is 7.54. The van der Waals surface area contributed by atoms with Gasteiger partial charge in [0.1, 0.15) is 6.04 Å². The fourth-order valence-corrected chi connectivity index (χ4v) is 4.26. The molecule has 1 aliphatic carbocycles. The van der Waals surface area contributed by atoms with Gasteiger partial charge in [-0.25, -0.2) is 9.59 Å². The van der Waals surface area contributed by atoms with E-state index in [4.69, 9.17) is 0 Å². The van der Waals surface area contributed by atoms with Crippen LogP contribution in [0.5, 0.6) is 0 Å². The second kappa shape index (κ2) is 7.20. The van der Waals surface area contributed by atoms with E-state index in [1.165, 1.54) is 24.2 Å². The number of carbonyl (C=O) groups excluding carboxylic acids is 1. The smallest absolute Gasteiger partial charge is 0.327 e. The van der Waals surface area contributed by atoms with Gasteiger partial charge in [0.2, 0.25) is 0 Å². The number of carboxylic acid groups (broad SMARTS) is 1.